The van der Waals surface area contributed by atoms with E-state index in [-0.39, 0.29) is 0 Å². The van der Waals surface area contributed by atoms with E-state index < -0.39 is 0 Å². The van der Waals surface area contributed by atoms with E-state index in [1.165, 1.54) is 5.69 Å². The number of hydrogen-bond donors (Lipinski definition) is 2. The van der Waals surface area contributed by atoms with Crippen LogP contribution in [-0.4, -0.2) is 35.3 Å². The van der Waals surface area contributed by atoms with Crippen molar-refractivity contribution in [2.75, 3.05) is 23.3 Å². The number of benzene rings is 1. The van der Waals surface area contributed by atoms with Gasteiger partial charge in [-0.3, -0.25) is 0 Å². The highest BCUT2D eigenvalue weighted by Crippen LogP contribution is 2.32. The Bertz CT molecular complexity index is 960. The van der Waals surface area contributed by atoms with Crippen molar-refractivity contribution in [1.82, 2.24) is 9.97 Å². The van der Waals surface area contributed by atoms with E-state index in [0.29, 0.717) is 12.2 Å². The molecule has 0 spiro atoms. The quantitative estimate of drug-likeness (QED) is 0.582. The second-order valence-electron chi connectivity index (χ2n) is 7.70. The van der Waals surface area contributed by atoms with Crippen LogP contribution in [-0.2, 0) is 4.74 Å². The second kappa shape index (κ2) is 8.02. The molecular weight excluding hydrogens is 372 g/mol. The van der Waals surface area contributed by atoms with Crippen molar-refractivity contribution in [3.8, 4) is 0 Å². The Balaban J connectivity index is 1.52. The van der Waals surface area contributed by atoms with E-state index in [0.717, 1.165) is 58.9 Å². The van der Waals surface area contributed by atoms with E-state index in [1.807, 2.05) is 24.5 Å². The van der Waals surface area contributed by atoms with Crippen molar-refractivity contribution in [3.05, 3.63) is 47.2 Å². The lowest BCUT2D eigenvalue weighted by atomic mass is 10.1. The van der Waals surface area contributed by atoms with Gasteiger partial charge >= 0.3 is 0 Å². The average Bonchev–Trinajstić information content (AvgIpc) is 3.13. The maximum Gasteiger partial charge on any atom is 0.135 e. The first-order valence-corrected chi connectivity index (χ1v) is 10.3. The Morgan fingerprint density at radius 2 is 2.04 bits per heavy atom. The van der Waals surface area contributed by atoms with Gasteiger partial charge in [0.15, 0.2) is 0 Å². The third kappa shape index (κ3) is 3.96. The van der Waals surface area contributed by atoms with Crippen LogP contribution < -0.4 is 10.2 Å². The summed E-state index contributed by atoms with van der Waals surface area (Å²) < 4.78 is 5.98. The number of halogens is 1. The largest absolute Gasteiger partial charge is 0.375 e. The maximum atomic E-state index is 6.41. The molecule has 2 aromatic heterocycles. The zero-order chi connectivity index (χ0) is 19.7. The fourth-order valence-electron chi connectivity index (χ4n) is 3.94. The minimum atomic E-state index is 0.291. The molecule has 0 radical (unpaired) electrons. The molecule has 1 saturated heterocycles. The molecule has 28 heavy (non-hydrogen) atoms. The molecule has 5 nitrogen and oxygen atoms in total. The summed E-state index contributed by atoms with van der Waals surface area (Å²) in [5.41, 5.74) is 4.31. The molecule has 3 aromatic rings. The molecule has 1 aromatic carbocycles. The standard InChI is InChI=1S/C22H27ClN4O/c1-14(2)28-17-6-10-27(11-7-17)21-5-9-25-22(15(21)3)26-16-12-19(23)18-4-8-24-20(18)13-16/h4-5,8-9,12-14,17,24H,6-7,10-11H2,1-3H3,(H,25,26). The first kappa shape index (κ1) is 19.1. The number of pyridine rings is 1. The summed E-state index contributed by atoms with van der Waals surface area (Å²) in [6.07, 6.45) is 6.54. The van der Waals surface area contributed by atoms with Gasteiger partial charge in [0.25, 0.3) is 0 Å². The van der Waals surface area contributed by atoms with E-state index in [2.05, 4.69) is 53.1 Å². The highest BCUT2D eigenvalue weighted by atomic mass is 35.5. The zero-order valence-corrected chi connectivity index (χ0v) is 17.4. The van der Waals surface area contributed by atoms with Crippen LogP contribution in [0.15, 0.2) is 36.7 Å². The molecule has 2 N–H and O–H groups in total. The highest BCUT2D eigenvalue weighted by molar-refractivity contribution is 6.35. The number of hydrogen-bond acceptors (Lipinski definition) is 4. The van der Waals surface area contributed by atoms with Gasteiger partial charge in [-0.25, -0.2) is 4.98 Å². The Hall–Kier alpha value is -2.24. The van der Waals surface area contributed by atoms with Gasteiger partial charge in [0.1, 0.15) is 5.82 Å². The monoisotopic (exact) mass is 398 g/mol. The summed E-state index contributed by atoms with van der Waals surface area (Å²) >= 11 is 6.41. The lowest BCUT2D eigenvalue weighted by Crippen LogP contribution is -2.38. The summed E-state index contributed by atoms with van der Waals surface area (Å²) in [6, 6.07) is 8.09. The van der Waals surface area contributed by atoms with Crippen LogP contribution in [0.4, 0.5) is 17.2 Å². The molecule has 0 atom stereocenters. The Labute approximate surface area is 171 Å². The van der Waals surface area contributed by atoms with Gasteiger partial charge in [-0.1, -0.05) is 11.6 Å². The normalized spacial score (nSPS) is 15.5. The van der Waals surface area contributed by atoms with Gasteiger partial charge < -0.3 is 19.9 Å². The molecule has 0 aliphatic carbocycles. The van der Waals surface area contributed by atoms with Crippen molar-refractivity contribution >= 4 is 39.7 Å². The van der Waals surface area contributed by atoms with Gasteiger partial charge in [-0.2, -0.15) is 0 Å². The number of anilines is 3. The van der Waals surface area contributed by atoms with Gasteiger partial charge in [-0.05, 0) is 57.9 Å². The molecule has 0 bridgehead atoms. The zero-order valence-electron chi connectivity index (χ0n) is 16.6. The molecule has 3 heterocycles. The van der Waals surface area contributed by atoms with Crippen molar-refractivity contribution in [1.29, 1.82) is 0 Å². The van der Waals surface area contributed by atoms with Crippen LogP contribution in [0, 0.1) is 6.92 Å². The molecule has 0 saturated carbocycles. The van der Waals surface area contributed by atoms with Crippen LogP contribution in [0.1, 0.15) is 32.3 Å². The third-order valence-electron chi connectivity index (χ3n) is 5.30. The molecule has 148 valence electrons. The fraction of sp³-hybridized carbons (Fsp3) is 0.409. The molecule has 1 aliphatic heterocycles. The molecular formula is C22H27ClN4O. The Morgan fingerprint density at radius 1 is 1.25 bits per heavy atom. The lowest BCUT2D eigenvalue weighted by Gasteiger charge is -2.35. The molecule has 0 unspecified atom stereocenters. The van der Waals surface area contributed by atoms with E-state index in [1.54, 1.807) is 0 Å². The Kier molecular flexibility index (Phi) is 5.47. The van der Waals surface area contributed by atoms with Gasteiger partial charge in [0.2, 0.25) is 0 Å². The predicted octanol–water partition coefficient (Wildman–Crippen LogP) is 5.66. The maximum absolute atomic E-state index is 6.41. The molecule has 6 heteroatoms. The second-order valence-corrected chi connectivity index (χ2v) is 8.10. The predicted molar refractivity (Wildman–Crippen MR) is 117 cm³/mol. The SMILES string of the molecule is Cc1c(N2CCC(OC(C)C)CC2)ccnc1Nc1cc(Cl)c2cc[nH]c2c1. The smallest absolute Gasteiger partial charge is 0.135 e. The summed E-state index contributed by atoms with van der Waals surface area (Å²) in [4.78, 5) is 10.2. The minimum absolute atomic E-state index is 0.291. The summed E-state index contributed by atoms with van der Waals surface area (Å²) in [5, 5.41) is 5.19. The molecule has 1 aliphatic rings. The van der Waals surface area contributed by atoms with Crippen LogP contribution in [0.25, 0.3) is 10.9 Å². The van der Waals surface area contributed by atoms with E-state index >= 15 is 0 Å². The van der Waals surface area contributed by atoms with Crippen LogP contribution in [0.2, 0.25) is 5.02 Å². The summed E-state index contributed by atoms with van der Waals surface area (Å²) in [7, 11) is 0. The fourth-order valence-corrected chi connectivity index (χ4v) is 4.22. The highest BCUT2D eigenvalue weighted by Gasteiger charge is 2.22. The number of ether oxygens (including phenoxy) is 1. The van der Waals surface area contributed by atoms with Crippen molar-refractivity contribution < 1.29 is 4.74 Å². The van der Waals surface area contributed by atoms with Crippen molar-refractivity contribution in [3.63, 3.8) is 0 Å². The lowest BCUT2D eigenvalue weighted by molar-refractivity contribution is -0.00479. The van der Waals surface area contributed by atoms with Crippen molar-refractivity contribution in [2.24, 2.45) is 0 Å². The van der Waals surface area contributed by atoms with Gasteiger partial charge in [-0.15, -0.1) is 0 Å². The number of nitrogens with zero attached hydrogens (tertiary/aromatic N) is 2. The Morgan fingerprint density at radius 3 is 2.79 bits per heavy atom. The first-order chi connectivity index (χ1) is 13.5. The summed E-state index contributed by atoms with van der Waals surface area (Å²) in [6.45, 7) is 8.34. The van der Waals surface area contributed by atoms with Gasteiger partial charge in [0.05, 0.1) is 17.2 Å². The van der Waals surface area contributed by atoms with Crippen LogP contribution >= 0.6 is 11.6 Å². The first-order valence-electron chi connectivity index (χ1n) is 9.91. The van der Waals surface area contributed by atoms with Crippen molar-refractivity contribution in [2.45, 2.75) is 45.8 Å². The molecule has 1 fully saturated rings. The van der Waals surface area contributed by atoms with Crippen LogP contribution in [0.5, 0.6) is 0 Å². The van der Waals surface area contributed by atoms with Gasteiger partial charge in [0, 0.05) is 53.3 Å². The number of H-pyrrole nitrogens is 1. The van der Waals surface area contributed by atoms with E-state index in [9.17, 15) is 0 Å². The molecule has 4 rings (SSSR count). The molecule has 0 amide bonds. The number of nitrogens with one attached hydrogen (secondary N) is 2. The number of fused-ring (bicyclic) bond motifs is 1. The minimum Gasteiger partial charge on any atom is -0.375 e. The number of rotatable bonds is 5. The van der Waals surface area contributed by atoms with Crippen LogP contribution in [0.3, 0.4) is 0 Å². The summed E-state index contributed by atoms with van der Waals surface area (Å²) in [5.74, 6) is 0.861. The topological polar surface area (TPSA) is 53.2 Å². The third-order valence-corrected chi connectivity index (χ3v) is 5.62. The number of aromatic nitrogens is 2. The number of aromatic amines is 1. The average molecular weight is 399 g/mol. The number of piperidine rings is 1. The van der Waals surface area contributed by atoms with E-state index in [4.69, 9.17) is 16.3 Å².